The summed E-state index contributed by atoms with van der Waals surface area (Å²) in [5, 5.41) is 8.76. The molecule has 0 aromatic carbocycles. The molecule has 0 amide bonds. The number of carboxylic acid groups (broad SMARTS) is 1. The molecule has 0 aromatic rings. The summed E-state index contributed by atoms with van der Waals surface area (Å²) in [6.45, 7) is 6.01. The van der Waals surface area contributed by atoms with Gasteiger partial charge in [-0.05, 0) is 31.8 Å². The minimum absolute atomic E-state index is 0.309. The van der Waals surface area contributed by atoms with Gasteiger partial charge in [0, 0.05) is 20.1 Å². The van der Waals surface area contributed by atoms with Crippen LogP contribution in [-0.4, -0.2) is 75.8 Å². The highest BCUT2D eigenvalue weighted by Gasteiger charge is 2.20. The quantitative estimate of drug-likeness (QED) is 0.569. The molecule has 1 fully saturated rings. The zero-order valence-corrected chi connectivity index (χ0v) is 12.4. The number of methoxy groups -OCH3 is 1. The Labute approximate surface area is 121 Å². The van der Waals surface area contributed by atoms with Gasteiger partial charge in [-0.1, -0.05) is 0 Å². The van der Waals surface area contributed by atoms with Gasteiger partial charge in [-0.3, -0.25) is 4.79 Å². The smallest absolute Gasteiger partial charge is 0.303 e. The molecular weight excluding hydrogens is 262 g/mol. The van der Waals surface area contributed by atoms with Gasteiger partial charge < -0.3 is 24.2 Å². The maximum Gasteiger partial charge on any atom is 0.303 e. The first kappa shape index (κ1) is 17.4. The molecule has 0 aliphatic carbocycles. The standard InChI is InChI=1S/C14H27NO5/c1-18-8-9-20-11-10-19-7-6-15-4-2-13(3-5-15)12-14(16)17/h13H,2-12H2,1H3,(H,16,17). The molecule has 1 heterocycles. The summed E-state index contributed by atoms with van der Waals surface area (Å²) < 4.78 is 15.7. The monoisotopic (exact) mass is 289 g/mol. The Hall–Kier alpha value is -0.690. The number of piperidine rings is 1. The predicted octanol–water partition coefficient (Wildman–Crippen LogP) is 0.853. The molecule has 0 saturated carbocycles. The molecule has 1 aliphatic rings. The number of likely N-dealkylation sites (tertiary alicyclic amines) is 1. The first-order valence-electron chi connectivity index (χ1n) is 7.31. The average molecular weight is 289 g/mol. The number of carboxylic acids is 1. The summed E-state index contributed by atoms with van der Waals surface area (Å²) >= 11 is 0. The van der Waals surface area contributed by atoms with E-state index in [9.17, 15) is 4.79 Å². The third-order valence-electron chi connectivity index (χ3n) is 3.53. The molecule has 1 saturated heterocycles. The summed E-state index contributed by atoms with van der Waals surface area (Å²) in [5.41, 5.74) is 0. The Morgan fingerprint density at radius 1 is 1.10 bits per heavy atom. The SMILES string of the molecule is COCCOCCOCCN1CCC(CC(=O)O)CC1. The molecule has 6 heteroatoms. The summed E-state index contributed by atoms with van der Waals surface area (Å²) in [6, 6.07) is 0. The normalized spacial score (nSPS) is 17.4. The zero-order valence-electron chi connectivity index (χ0n) is 12.4. The van der Waals surface area contributed by atoms with Crippen LogP contribution >= 0.6 is 0 Å². The van der Waals surface area contributed by atoms with Crippen LogP contribution in [0.1, 0.15) is 19.3 Å². The Bertz CT molecular complexity index is 254. The topological polar surface area (TPSA) is 68.2 Å². The lowest BCUT2D eigenvalue weighted by Gasteiger charge is -2.31. The van der Waals surface area contributed by atoms with Crippen LogP contribution in [0.4, 0.5) is 0 Å². The lowest BCUT2D eigenvalue weighted by atomic mass is 9.94. The lowest BCUT2D eigenvalue weighted by Crippen LogP contribution is -2.36. The van der Waals surface area contributed by atoms with Crippen molar-refractivity contribution >= 4 is 5.97 Å². The van der Waals surface area contributed by atoms with Gasteiger partial charge in [0.15, 0.2) is 0 Å². The maximum atomic E-state index is 10.6. The van der Waals surface area contributed by atoms with Gasteiger partial charge in [0.05, 0.1) is 33.0 Å². The second-order valence-electron chi connectivity index (χ2n) is 5.10. The van der Waals surface area contributed by atoms with Crippen molar-refractivity contribution in [3.8, 4) is 0 Å². The molecule has 0 radical (unpaired) electrons. The van der Waals surface area contributed by atoms with Crippen molar-refractivity contribution in [3.05, 3.63) is 0 Å². The third-order valence-corrected chi connectivity index (χ3v) is 3.53. The number of nitrogens with zero attached hydrogens (tertiary/aromatic N) is 1. The van der Waals surface area contributed by atoms with Crippen molar-refractivity contribution in [2.24, 2.45) is 5.92 Å². The Balaban J connectivity index is 1.90. The Morgan fingerprint density at radius 3 is 2.30 bits per heavy atom. The Kier molecular flexibility index (Phi) is 9.57. The minimum Gasteiger partial charge on any atom is -0.481 e. The highest BCUT2D eigenvalue weighted by atomic mass is 16.5. The predicted molar refractivity (Wildman–Crippen MR) is 74.9 cm³/mol. The highest BCUT2D eigenvalue weighted by molar-refractivity contribution is 5.67. The number of rotatable bonds is 11. The van der Waals surface area contributed by atoms with Crippen LogP contribution in [0.5, 0.6) is 0 Å². The first-order valence-corrected chi connectivity index (χ1v) is 7.31. The molecule has 6 nitrogen and oxygen atoms in total. The van der Waals surface area contributed by atoms with E-state index in [1.807, 2.05) is 0 Å². The fraction of sp³-hybridized carbons (Fsp3) is 0.929. The molecule has 0 bridgehead atoms. The van der Waals surface area contributed by atoms with Gasteiger partial charge in [-0.15, -0.1) is 0 Å². The van der Waals surface area contributed by atoms with E-state index in [1.165, 1.54) is 0 Å². The zero-order chi connectivity index (χ0) is 14.6. The minimum atomic E-state index is -0.680. The fourth-order valence-corrected chi connectivity index (χ4v) is 2.32. The molecule has 1 N–H and O–H groups in total. The van der Waals surface area contributed by atoms with Crippen LogP contribution in [-0.2, 0) is 19.0 Å². The van der Waals surface area contributed by atoms with E-state index < -0.39 is 5.97 Å². The maximum absolute atomic E-state index is 10.6. The highest BCUT2D eigenvalue weighted by Crippen LogP contribution is 2.19. The molecule has 0 unspecified atom stereocenters. The second kappa shape index (κ2) is 11.0. The van der Waals surface area contributed by atoms with Crippen LogP contribution in [0.15, 0.2) is 0 Å². The van der Waals surface area contributed by atoms with Crippen LogP contribution in [0.3, 0.4) is 0 Å². The van der Waals surface area contributed by atoms with Crippen molar-refractivity contribution in [1.29, 1.82) is 0 Å². The average Bonchev–Trinajstić information content (AvgIpc) is 2.43. The summed E-state index contributed by atoms with van der Waals surface area (Å²) in [5.74, 6) is -0.334. The largest absolute Gasteiger partial charge is 0.481 e. The van der Waals surface area contributed by atoms with Crippen molar-refractivity contribution in [2.75, 3.05) is 59.8 Å². The van der Waals surface area contributed by atoms with Crippen LogP contribution in [0.25, 0.3) is 0 Å². The first-order chi connectivity index (χ1) is 9.72. The van der Waals surface area contributed by atoms with E-state index in [0.29, 0.717) is 45.4 Å². The number of ether oxygens (including phenoxy) is 3. The van der Waals surface area contributed by atoms with E-state index >= 15 is 0 Å². The number of aliphatic carboxylic acids is 1. The summed E-state index contributed by atoms with van der Waals surface area (Å²) in [4.78, 5) is 13.0. The number of hydrogen-bond acceptors (Lipinski definition) is 5. The van der Waals surface area contributed by atoms with E-state index in [2.05, 4.69) is 4.90 Å². The molecule has 1 rings (SSSR count). The number of carbonyl (C=O) groups is 1. The second-order valence-corrected chi connectivity index (χ2v) is 5.10. The molecule has 1 aliphatic heterocycles. The van der Waals surface area contributed by atoms with Gasteiger partial charge in [0.2, 0.25) is 0 Å². The van der Waals surface area contributed by atoms with E-state index in [0.717, 1.165) is 32.5 Å². The van der Waals surface area contributed by atoms with Crippen molar-refractivity contribution < 1.29 is 24.1 Å². The van der Waals surface area contributed by atoms with Gasteiger partial charge in [0.1, 0.15) is 0 Å². The van der Waals surface area contributed by atoms with Gasteiger partial charge in [0.25, 0.3) is 0 Å². The van der Waals surface area contributed by atoms with E-state index in [4.69, 9.17) is 19.3 Å². The summed E-state index contributed by atoms with van der Waals surface area (Å²) in [7, 11) is 1.65. The molecule has 0 aromatic heterocycles. The van der Waals surface area contributed by atoms with Gasteiger partial charge >= 0.3 is 5.97 Å². The van der Waals surface area contributed by atoms with Crippen molar-refractivity contribution in [2.45, 2.75) is 19.3 Å². The lowest BCUT2D eigenvalue weighted by molar-refractivity contribution is -0.138. The molecular formula is C14H27NO5. The van der Waals surface area contributed by atoms with Gasteiger partial charge in [-0.25, -0.2) is 0 Å². The third kappa shape index (κ3) is 8.47. The molecule has 0 spiro atoms. The van der Waals surface area contributed by atoms with Crippen LogP contribution in [0, 0.1) is 5.92 Å². The van der Waals surface area contributed by atoms with Crippen LogP contribution < -0.4 is 0 Å². The van der Waals surface area contributed by atoms with E-state index in [1.54, 1.807) is 7.11 Å². The van der Waals surface area contributed by atoms with Gasteiger partial charge in [-0.2, -0.15) is 0 Å². The number of hydrogen-bond donors (Lipinski definition) is 1. The summed E-state index contributed by atoms with van der Waals surface area (Å²) in [6.07, 6.45) is 2.27. The van der Waals surface area contributed by atoms with Crippen molar-refractivity contribution in [3.63, 3.8) is 0 Å². The molecule has 0 atom stereocenters. The van der Waals surface area contributed by atoms with Crippen molar-refractivity contribution in [1.82, 2.24) is 4.90 Å². The molecule has 118 valence electrons. The fourth-order valence-electron chi connectivity index (χ4n) is 2.32. The Morgan fingerprint density at radius 2 is 1.70 bits per heavy atom. The molecule has 20 heavy (non-hydrogen) atoms. The van der Waals surface area contributed by atoms with E-state index in [-0.39, 0.29) is 0 Å². The van der Waals surface area contributed by atoms with Crippen LogP contribution in [0.2, 0.25) is 0 Å².